The molecule has 2 heterocycles. The number of carbonyl (C=O) groups excluding carboxylic acids is 1. The molecule has 1 atom stereocenters. The van der Waals surface area contributed by atoms with E-state index in [1.54, 1.807) is 0 Å². The van der Waals surface area contributed by atoms with Crippen LogP contribution in [0.3, 0.4) is 0 Å². The molecule has 6 nitrogen and oxygen atoms in total. The molecule has 1 amide bonds. The van der Waals surface area contributed by atoms with Gasteiger partial charge >= 0.3 is 6.18 Å². The van der Waals surface area contributed by atoms with Crippen LogP contribution in [0.5, 0.6) is 0 Å². The van der Waals surface area contributed by atoms with Crippen molar-refractivity contribution in [2.45, 2.75) is 24.4 Å². The molecular formula is C11H12F3N3O3S. The summed E-state index contributed by atoms with van der Waals surface area (Å²) in [6.45, 7) is -0.136. The second-order valence-electron chi connectivity index (χ2n) is 4.73. The molecule has 10 heteroatoms. The number of alkyl halides is 3. The van der Waals surface area contributed by atoms with Gasteiger partial charge in [0.05, 0.1) is 17.8 Å². The van der Waals surface area contributed by atoms with Gasteiger partial charge in [0.15, 0.2) is 0 Å². The van der Waals surface area contributed by atoms with Crippen LogP contribution < -0.4 is 5.14 Å². The van der Waals surface area contributed by atoms with Crippen LogP contribution in [0.4, 0.5) is 13.2 Å². The number of rotatable bonds is 3. The van der Waals surface area contributed by atoms with Crippen LogP contribution in [0, 0.1) is 0 Å². The van der Waals surface area contributed by atoms with Crippen molar-refractivity contribution in [3.05, 3.63) is 29.6 Å². The minimum absolute atomic E-state index is 0.0526. The van der Waals surface area contributed by atoms with Crippen molar-refractivity contribution < 1.29 is 26.4 Å². The lowest BCUT2D eigenvalue weighted by Gasteiger charge is -2.16. The summed E-state index contributed by atoms with van der Waals surface area (Å²) in [6.07, 6.45) is -4.03. The maximum Gasteiger partial charge on any atom is 0.417 e. The number of halogens is 3. The summed E-state index contributed by atoms with van der Waals surface area (Å²) >= 11 is 0. The van der Waals surface area contributed by atoms with E-state index >= 15 is 0 Å². The van der Waals surface area contributed by atoms with Crippen LogP contribution in [0.1, 0.15) is 17.7 Å². The lowest BCUT2D eigenvalue weighted by atomic mass is 10.2. The molecule has 0 bridgehead atoms. The Balaban J connectivity index is 2.07. The molecule has 0 saturated carbocycles. The molecule has 116 valence electrons. The van der Waals surface area contributed by atoms with Gasteiger partial charge in [-0.1, -0.05) is 0 Å². The van der Waals surface area contributed by atoms with Crippen LogP contribution >= 0.6 is 0 Å². The summed E-state index contributed by atoms with van der Waals surface area (Å²) in [5, 5.41) is 3.99. The second-order valence-corrected chi connectivity index (χ2v) is 6.57. The Morgan fingerprint density at radius 1 is 1.38 bits per heavy atom. The first-order valence-electron chi connectivity index (χ1n) is 5.89. The summed E-state index contributed by atoms with van der Waals surface area (Å²) in [4.78, 5) is 16.5. The number of hydrogen-bond donors (Lipinski definition) is 1. The molecule has 0 spiro atoms. The standard InChI is InChI=1S/C11H12F3N3O3S/c12-11(13,14)7-1-2-8(16-4-7)5-17-6-9(3-10(17)18)21(15,19)20/h1-2,4,9H,3,5-6H2,(H2,15,19,20). The quantitative estimate of drug-likeness (QED) is 0.876. The Kier molecular flexibility index (Phi) is 3.93. The minimum atomic E-state index is -4.48. The Morgan fingerprint density at radius 3 is 2.48 bits per heavy atom. The fourth-order valence-corrected chi connectivity index (χ4v) is 2.75. The third-order valence-corrected chi connectivity index (χ3v) is 4.39. The van der Waals surface area contributed by atoms with Gasteiger partial charge in [-0.05, 0) is 12.1 Å². The van der Waals surface area contributed by atoms with Crippen molar-refractivity contribution in [1.82, 2.24) is 9.88 Å². The van der Waals surface area contributed by atoms with E-state index in [0.29, 0.717) is 6.20 Å². The summed E-state index contributed by atoms with van der Waals surface area (Å²) < 4.78 is 59.5. The highest BCUT2D eigenvalue weighted by Gasteiger charge is 2.36. The van der Waals surface area contributed by atoms with Gasteiger partial charge in [-0.2, -0.15) is 13.2 Å². The lowest BCUT2D eigenvalue weighted by molar-refractivity contribution is -0.138. The molecule has 1 aliphatic rings. The predicted octanol–water partition coefficient (Wildman–Crippen LogP) is 0.490. The van der Waals surface area contributed by atoms with Gasteiger partial charge in [0.1, 0.15) is 5.25 Å². The van der Waals surface area contributed by atoms with Crippen molar-refractivity contribution in [3.63, 3.8) is 0 Å². The van der Waals surface area contributed by atoms with E-state index in [4.69, 9.17) is 5.14 Å². The van der Waals surface area contributed by atoms with Crippen molar-refractivity contribution in [3.8, 4) is 0 Å². The average molecular weight is 323 g/mol. The molecule has 2 N–H and O–H groups in total. The Bertz CT molecular complexity index is 643. The second kappa shape index (κ2) is 5.26. The van der Waals surface area contributed by atoms with Gasteiger partial charge in [0, 0.05) is 19.2 Å². The maximum atomic E-state index is 12.4. The third kappa shape index (κ3) is 3.70. The zero-order valence-electron chi connectivity index (χ0n) is 10.7. The summed E-state index contributed by atoms with van der Waals surface area (Å²) in [7, 11) is -3.82. The molecule has 1 aliphatic heterocycles. The van der Waals surface area contributed by atoms with E-state index in [-0.39, 0.29) is 25.2 Å². The predicted molar refractivity (Wildman–Crippen MR) is 66.2 cm³/mol. The number of likely N-dealkylation sites (tertiary alicyclic amines) is 1. The van der Waals surface area contributed by atoms with Crippen molar-refractivity contribution in [1.29, 1.82) is 0 Å². The molecule has 1 aromatic heterocycles. The number of amides is 1. The van der Waals surface area contributed by atoms with Crippen LogP contribution in [0.15, 0.2) is 18.3 Å². The fraction of sp³-hybridized carbons (Fsp3) is 0.455. The highest BCUT2D eigenvalue weighted by Crippen LogP contribution is 2.28. The highest BCUT2D eigenvalue weighted by atomic mass is 32.2. The largest absolute Gasteiger partial charge is 0.417 e. The summed E-state index contributed by atoms with van der Waals surface area (Å²) in [5.74, 6) is -0.421. The van der Waals surface area contributed by atoms with E-state index in [1.807, 2.05) is 0 Å². The number of nitrogens with zero attached hydrogens (tertiary/aromatic N) is 2. The topological polar surface area (TPSA) is 93.4 Å². The van der Waals surface area contributed by atoms with Crippen LogP contribution in [0.25, 0.3) is 0 Å². The van der Waals surface area contributed by atoms with E-state index in [2.05, 4.69) is 4.98 Å². The number of sulfonamides is 1. The van der Waals surface area contributed by atoms with Gasteiger partial charge in [-0.25, -0.2) is 13.6 Å². The Morgan fingerprint density at radius 2 is 2.05 bits per heavy atom. The van der Waals surface area contributed by atoms with Crippen molar-refractivity contribution >= 4 is 15.9 Å². The van der Waals surface area contributed by atoms with E-state index in [0.717, 1.165) is 12.1 Å². The molecule has 21 heavy (non-hydrogen) atoms. The molecule has 2 rings (SSSR count). The molecule has 0 radical (unpaired) electrons. The SMILES string of the molecule is NS(=O)(=O)C1CC(=O)N(Cc2ccc(C(F)(F)F)cn2)C1. The van der Waals surface area contributed by atoms with Crippen molar-refractivity contribution in [2.24, 2.45) is 5.14 Å². The molecule has 1 aromatic rings. The minimum Gasteiger partial charge on any atom is -0.335 e. The van der Waals surface area contributed by atoms with E-state index in [9.17, 15) is 26.4 Å². The zero-order chi connectivity index (χ0) is 15.8. The normalized spacial score (nSPS) is 20.1. The monoisotopic (exact) mass is 323 g/mol. The molecule has 1 fully saturated rings. The number of primary sulfonamides is 1. The maximum absolute atomic E-state index is 12.4. The van der Waals surface area contributed by atoms with Crippen LogP contribution in [0.2, 0.25) is 0 Å². The van der Waals surface area contributed by atoms with Crippen molar-refractivity contribution in [2.75, 3.05) is 6.54 Å². The fourth-order valence-electron chi connectivity index (χ4n) is 1.99. The number of carbonyl (C=O) groups is 1. The molecule has 1 unspecified atom stereocenters. The highest BCUT2D eigenvalue weighted by molar-refractivity contribution is 7.89. The van der Waals surface area contributed by atoms with Crippen LogP contribution in [-0.2, 0) is 27.5 Å². The van der Waals surface area contributed by atoms with Gasteiger partial charge in [-0.3, -0.25) is 9.78 Å². The van der Waals surface area contributed by atoms with Gasteiger partial charge in [0.2, 0.25) is 15.9 Å². The lowest BCUT2D eigenvalue weighted by Crippen LogP contribution is -2.32. The number of nitrogens with two attached hydrogens (primary N) is 1. The van der Waals surface area contributed by atoms with Gasteiger partial charge in [-0.15, -0.1) is 0 Å². The molecule has 0 aromatic carbocycles. The zero-order valence-corrected chi connectivity index (χ0v) is 11.5. The number of pyridine rings is 1. The van der Waals surface area contributed by atoms with E-state index in [1.165, 1.54) is 4.90 Å². The Hall–Kier alpha value is -1.68. The molecular weight excluding hydrogens is 311 g/mol. The molecule has 1 saturated heterocycles. The summed E-state index contributed by atoms with van der Waals surface area (Å²) in [6, 6.07) is 2.01. The van der Waals surface area contributed by atoms with Gasteiger partial charge < -0.3 is 4.90 Å². The number of aromatic nitrogens is 1. The number of hydrogen-bond acceptors (Lipinski definition) is 4. The van der Waals surface area contributed by atoms with Crippen LogP contribution in [-0.4, -0.2) is 36.0 Å². The molecule has 0 aliphatic carbocycles. The third-order valence-electron chi connectivity index (χ3n) is 3.15. The van der Waals surface area contributed by atoms with Gasteiger partial charge in [0.25, 0.3) is 0 Å². The first-order chi connectivity index (χ1) is 9.57. The smallest absolute Gasteiger partial charge is 0.335 e. The van der Waals surface area contributed by atoms with E-state index < -0.39 is 32.9 Å². The Labute approximate surface area is 118 Å². The summed E-state index contributed by atoms with van der Waals surface area (Å²) in [5.41, 5.74) is -0.646. The first-order valence-corrected chi connectivity index (χ1v) is 7.50. The first kappa shape index (κ1) is 15.7. The average Bonchev–Trinajstić information content (AvgIpc) is 2.70.